The molecule has 24 heavy (non-hydrogen) atoms. The second-order valence-electron chi connectivity index (χ2n) is 6.46. The van der Waals surface area contributed by atoms with Crippen LogP contribution in [0.25, 0.3) is 0 Å². The number of piperazine rings is 1. The summed E-state index contributed by atoms with van der Waals surface area (Å²) in [5, 5.41) is 6.52. The van der Waals surface area contributed by atoms with Crippen molar-refractivity contribution in [3.8, 4) is 0 Å². The summed E-state index contributed by atoms with van der Waals surface area (Å²) in [7, 11) is 0. The Balaban J connectivity index is 1.64. The van der Waals surface area contributed by atoms with E-state index in [2.05, 4.69) is 10.2 Å². The lowest BCUT2D eigenvalue weighted by atomic mass is 10.1. The van der Waals surface area contributed by atoms with Crippen LogP contribution >= 0.6 is 0 Å². The molecule has 1 aromatic rings. The number of nitrogens with zero attached hydrogens (tertiary/aromatic N) is 3. The fourth-order valence-corrected chi connectivity index (χ4v) is 3.29. The predicted molar refractivity (Wildman–Crippen MR) is 88.6 cm³/mol. The maximum atomic E-state index is 12.5. The van der Waals surface area contributed by atoms with Gasteiger partial charge in [0.25, 0.3) is 5.91 Å². The van der Waals surface area contributed by atoms with E-state index in [-0.39, 0.29) is 22.9 Å². The van der Waals surface area contributed by atoms with E-state index in [1.807, 2.05) is 6.92 Å². The zero-order valence-electron chi connectivity index (χ0n) is 14.1. The number of hydrogen-bond acceptors (Lipinski definition) is 4. The lowest BCUT2D eigenvalue weighted by Gasteiger charge is -2.34. The molecular weight excluding hydrogens is 308 g/mol. The Morgan fingerprint density at radius 2 is 1.67 bits per heavy atom. The lowest BCUT2D eigenvalue weighted by Crippen LogP contribution is -2.51. The molecule has 2 aliphatic rings. The Kier molecular flexibility index (Phi) is 4.51. The Morgan fingerprint density at radius 3 is 2.21 bits per heavy atom. The Hall–Kier alpha value is -2.44. The maximum Gasteiger partial charge on any atom is 0.278 e. The number of amides is 2. The molecule has 1 saturated heterocycles. The van der Waals surface area contributed by atoms with Crippen LogP contribution < -0.4 is 5.43 Å². The fourth-order valence-electron chi connectivity index (χ4n) is 3.29. The molecule has 0 bridgehead atoms. The van der Waals surface area contributed by atoms with Gasteiger partial charge in [0, 0.05) is 43.5 Å². The van der Waals surface area contributed by atoms with E-state index in [9.17, 15) is 14.4 Å². The van der Waals surface area contributed by atoms with Crippen molar-refractivity contribution < 1.29 is 9.59 Å². The summed E-state index contributed by atoms with van der Waals surface area (Å²) in [5.74, 6) is -0.275. The molecule has 0 spiro atoms. The summed E-state index contributed by atoms with van der Waals surface area (Å²) in [6.45, 7) is 5.57. The van der Waals surface area contributed by atoms with Crippen LogP contribution in [-0.4, -0.2) is 58.0 Å². The number of H-pyrrole nitrogens is 1. The van der Waals surface area contributed by atoms with E-state index in [1.165, 1.54) is 11.6 Å². The molecule has 2 amide bonds. The Bertz CT molecular complexity index is 757. The highest BCUT2D eigenvalue weighted by Gasteiger charge is 2.29. The number of carbonyl (C=O) groups is 2. The SMILES string of the molecule is CC1=C(C(=O)N2CCN(C(=O)c3n[nH]c(C)cc3=O)CC2)CCC1. The predicted octanol–water partition coefficient (Wildman–Crippen LogP) is 0.863. The van der Waals surface area contributed by atoms with Gasteiger partial charge in [-0.25, -0.2) is 0 Å². The van der Waals surface area contributed by atoms with E-state index >= 15 is 0 Å². The molecule has 0 radical (unpaired) electrons. The van der Waals surface area contributed by atoms with E-state index in [0.717, 1.165) is 24.8 Å². The number of aryl methyl sites for hydroxylation is 1. The third-order valence-corrected chi connectivity index (χ3v) is 4.73. The minimum Gasteiger partial charge on any atom is -0.335 e. The standard InChI is InChI=1S/C17H22N4O3/c1-11-4-3-5-13(11)16(23)20-6-8-21(9-7-20)17(24)15-14(22)10-12(2)18-19-15/h10H,3-9H2,1-2H3,(H,18,22). The van der Waals surface area contributed by atoms with Crippen LogP contribution in [0.15, 0.2) is 22.0 Å². The van der Waals surface area contributed by atoms with Gasteiger partial charge in [-0.2, -0.15) is 5.10 Å². The van der Waals surface area contributed by atoms with Crippen molar-refractivity contribution in [3.05, 3.63) is 38.8 Å². The van der Waals surface area contributed by atoms with Crippen LogP contribution in [0.5, 0.6) is 0 Å². The largest absolute Gasteiger partial charge is 0.335 e. The zero-order chi connectivity index (χ0) is 17.3. The lowest BCUT2D eigenvalue weighted by molar-refractivity contribution is -0.128. The molecule has 7 heteroatoms. The smallest absolute Gasteiger partial charge is 0.278 e. The molecule has 2 heterocycles. The van der Waals surface area contributed by atoms with Gasteiger partial charge in [-0.1, -0.05) is 5.57 Å². The van der Waals surface area contributed by atoms with Crippen molar-refractivity contribution in [1.29, 1.82) is 0 Å². The molecule has 1 aliphatic carbocycles. The highest BCUT2D eigenvalue weighted by molar-refractivity contribution is 5.95. The monoisotopic (exact) mass is 330 g/mol. The molecule has 1 N–H and O–H groups in total. The van der Waals surface area contributed by atoms with E-state index in [4.69, 9.17) is 0 Å². The molecule has 3 rings (SSSR count). The van der Waals surface area contributed by atoms with Gasteiger partial charge < -0.3 is 9.80 Å². The van der Waals surface area contributed by atoms with Gasteiger partial charge in [0.05, 0.1) is 0 Å². The maximum absolute atomic E-state index is 12.5. The molecule has 7 nitrogen and oxygen atoms in total. The molecule has 0 saturated carbocycles. The number of carbonyl (C=O) groups excluding carboxylic acids is 2. The molecule has 0 unspecified atom stereocenters. The Morgan fingerprint density at radius 1 is 1.04 bits per heavy atom. The first-order chi connectivity index (χ1) is 11.5. The molecule has 0 aromatic carbocycles. The van der Waals surface area contributed by atoms with E-state index < -0.39 is 0 Å². The third-order valence-electron chi connectivity index (χ3n) is 4.73. The molecular formula is C17H22N4O3. The number of aromatic nitrogens is 2. The number of allylic oxidation sites excluding steroid dienone is 1. The van der Waals surface area contributed by atoms with Gasteiger partial charge in [-0.3, -0.25) is 19.5 Å². The number of rotatable bonds is 2. The summed E-state index contributed by atoms with van der Waals surface area (Å²) in [6, 6.07) is 1.37. The van der Waals surface area contributed by atoms with Crippen molar-refractivity contribution in [3.63, 3.8) is 0 Å². The number of aromatic amines is 1. The van der Waals surface area contributed by atoms with Crippen molar-refractivity contribution in [1.82, 2.24) is 20.0 Å². The second-order valence-corrected chi connectivity index (χ2v) is 6.46. The minimum absolute atomic E-state index is 0.0882. The topological polar surface area (TPSA) is 86.4 Å². The number of hydrogen-bond donors (Lipinski definition) is 1. The summed E-state index contributed by atoms with van der Waals surface area (Å²) >= 11 is 0. The van der Waals surface area contributed by atoms with E-state index in [0.29, 0.717) is 31.9 Å². The minimum atomic E-state index is -0.375. The van der Waals surface area contributed by atoms with Crippen LogP contribution in [0.3, 0.4) is 0 Å². The van der Waals surface area contributed by atoms with Crippen molar-refractivity contribution in [2.24, 2.45) is 0 Å². The summed E-state index contributed by atoms with van der Waals surface area (Å²) in [5.41, 5.74) is 2.28. The quantitative estimate of drug-likeness (QED) is 0.871. The first-order valence-corrected chi connectivity index (χ1v) is 8.31. The van der Waals surface area contributed by atoms with Crippen LogP contribution in [0.1, 0.15) is 42.4 Å². The van der Waals surface area contributed by atoms with Gasteiger partial charge in [-0.15, -0.1) is 0 Å². The van der Waals surface area contributed by atoms with Gasteiger partial charge >= 0.3 is 0 Å². The average molecular weight is 330 g/mol. The summed E-state index contributed by atoms with van der Waals surface area (Å²) < 4.78 is 0. The molecule has 1 fully saturated rings. The third kappa shape index (κ3) is 3.11. The summed E-state index contributed by atoms with van der Waals surface area (Å²) in [4.78, 5) is 40.3. The van der Waals surface area contributed by atoms with Crippen LogP contribution in [-0.2, 0) is 4.79 Å². The average Bonchev–Trinajstić information content (AvgIpc) is 3.00. The highest BCUT2D eigenvalue weighted by atomic mass is 16.2. The highest BCUT2D eigenvalue weighted by Crippen LogP contribution is 2.27. The number of nitrogens with one attached hydrogen (secondary N) is 1. The van der Waals surface area contributed by atoms with Crippen molar-refractivity contribution in [2.45, 2.75) is 33.1 Å². The van der Waals surface area contributed by atoms with Gasteiger partial charge in [0.2, 0.25) is 11.3 Å². The first kappa shape index (κ1) is 16.4. The van der Waals surface area contributed by atoms with Gasteiger partial charge in [0.15, 0.2) is 5.69 Å². The van der Waals surface area contributed by atoms with E-state index in [1.54, 1.807) is 16.7 Å². The van der Waals surface area contributed by atoms with Crippen LogP contribution in [0.4, 0.5) is 0 Å². The fraction of sp³-hybridized carbons (Fsp3) is 0.529. The summed E-state index contributed by atoms with van der Waals surface area (Å²) in [6.07, 6.45) is 2.90. The van der Waals surface area contributed by atoms with Crippen LogP contribution in [0.2, 0.25) is 0 Å². The second kappa shape index (κ2) is 6.59. The van der Waals surface area contributed by atoms with Crippen LogP contribution in [0, 0.1) is 6.92 Å². The molecule has 1 aromatic heterocycles. The van der Waals surface area contributed by atoms with Gasteiger partial charge in [0.1, 0.15) is 0 Å². The molecule has 128 valence electrons. The molecule has 1 aliphatic heterocycles. The normalized spacial score (nSPS) is 18.2. The Labute approximate surface area is 140 Å². The first-order valence-electron chi connectivity index (χ1n) is 8.31. The van der Waals surface area contributed by atoms with Crippen molar-refractivity contribution in [2.75, 3.05) is 26.2 Å². The molecule has 0 atom stereocenters. The zero-order valence-corrected chi connectivity index (χ0v) is 14.1. The van der Waals surface area contributed by atoms with Gasteiger partial charge in [-0.05, 0) is 33.1 Å². The van der Waals surface area contributed by atoms with Crippen molar-refractivity contribution >= 4 is 11.8 Å².